The first-order valence-electron chi connectivity index (χ1n) is 9.72. The van der Waals surface area contributed by atoms with Gasteiger partial charge in [0.15, 0.2) is 11.8 Å². The van der Waals surface area contributed by atoms with Gasteiger partial charge in [-0.25, -0.2) is 14.7 Å². The van der Waals surface area contributed by atoms with Crippen molar-refractivity contribution in [2.75, 3.05) is 20.8 Å². The summed E-state index contributed by atoms with van der Waals surface area (Å²) in [6, 6.07) is 6.43. The van der Waals surface area contributed by atoms with E-state index in [4.69, 9.17) is 14.5 Å². The molecule has 0 amide bonds. The number of fused-ring (bicyclic) bond motifs is 1. The lowest BCUT2D eigenvalue weighted by molar-refractivity contribution is 0.177. The number of hydrogen-bond donors (Lipinski definition) is 2. The molecule has 28 heavy (non-hydrogen) atoms. The topological polar surface area (TPSA) is 85.6 Å². The van der Waals surface area contributed by atoms with Crippen molar-refractivity contribution in [3.63, 3.8) is 0 Å². The molecule has 0 spiro atoms. The molecule has 8 heteroatoms. The first kappa shape index (κ1) is 20.1. The third-order valence-corrected chi connectivity index (χ3v) is 4.74. The van der Waals surface area contributed by atoms with Crippen molar-refractivity contribution in [2.45, 2.75) is 52.4 Å². The van der Waals surface area contributed by atoms with Gasteiger partial charge < -0.3 is 20.1 Å². The van der Waals surface area contributed by atoms with Crippen LogP contribution in [0.5, 0.6) is 5.75 Å². The molecule has 0 fully saturated rings. The first-order chi connectivity index (χ1) is 13.6. The van der Waals surface area contributed by atoms with Gasteiger partial charge in [-0.3, -0.25) is 0 Å². The van der Waals surface area contributed by atoms with Gasteiger partial charge in [-0.15, -0.1) is 0 Å². The van der Waals surface area contributed by atoms with Crippen molar-refractivity contribution in [2.24, 2.45) is 4.99 Å². The van der Waals surface area contributed by atoms with Gasteiger partial charge in [-0.2, -0.15) is 5.10 Å². The number of aliphatic imine (C=N–C) groups is 1. The SMILES string of the molecule is CCNC(=NCc1ccc(OC)c(C)c1)NC1CCc2nc(COC)nn2C1. The van der Waals surface area contributed by atoms with Crippen LogP contribution in [0.25, 0.3) is 0 Å². The highest BCUT2D eigenvalue weighted by atomic mass is 16.5. The molecule has 1 aromatic carbocycles. The van der Waals surface area contributed by atoms with Gasteiger partial charge in [0.25, 0.3) is 0 Å². The van der Waals surface area contributed by atoms with E-state index in [1.165, 1.54) is 0 Å². The predicted molar refractivity (Wildman–Crippen MR) is 109 cm³/mol. The zero-order valence-electron chi connectivity index (χ0n) is 17.2. The van der Waals surface area contributed by atoms with Crippen molar-refractivity contribution in [1.82, 2.24) is 25.4 Å². The second kappa shape index (κ2) is 9.54. The molecule has 2 aromatic rings. The number of benzene rings is 1. The van der Waals surface area contributed by atoms with Crippen molar-refractivity contribution >= 4 is 5.96 Å². The van der Waals surface area contributed by atoms with Crippen LogP contribution in [0, 0.1) is 6.92 Å². The maximum atomic E-state index is 5.33. The average molecular weight is 387 g/mol. The van der Waals surface area contributed by atoms with Gasteiger partial charge in [0.05, 0.1) is 20.2 Å². The second-order valence-electron chi connectivity index (χ2n) is 6.94. The van der Waals surface area contributed by atoms with E-state index in [0.717, 1.165) is 60.4 Å². The molecule has 1 unspecified atom stereocenters. The molecule has 0 saturated heterocycles. The number of guanidine groups is 1. The molecule has 1 aromatic heterocycles. The Labute approximate surface area is 166 Å². The highest BCUT2D eigenvalue weighted by Gasteiger charge is 2.22. The number of methoxy groups -OCH3 is 2. The highest BCUT2D eigenvalue weighted by Crippen LogP contribution is 2.19. The number of ether oxygens (including phenoxy) is 2. The van der Waals surface area contributed by atoms with Crippen LogP contribution in [0.2, 0.25) is 0 Å². The monoisotopic (exact) mass is 386 g/mol. The van der Waals surface area contributed by atoms with Crippen molar-refractivity contribution in [3.05, 3.63) is 41.0 Å². The summed E-state index contributed by atoms with van der Waals surface area (Å²) >= 11 is 0. The van der Waals surface area contributed by atoms with E-state index in [-0.39, 0.29) is 6.04 Å². The summed E-state index contributed by atoms with van der Waals surface area (Å²) in [5, 5.41) is 11.4. The minimum Gasteiger partial charge on any atom is -0.496 e. The van der Waals surface area contributed by atoms with Gasteiger partial charge in [0.2, 0.25) is 0 Å². The Morgan fingerprint density at radius 2 is 2.21 bits per heavy atom. The van der Waals surface area contributed by atoms with E-state index in [1.54, 1.807) is 14.2 Å². The zero-order chi connectivity index (χ0) is 19.9. The second-order valence-corrected chi connectivity index (χ2v) is 6.94. The lowest BCUT2D eigenvalue weighted by atomic mass is 10.1. The third kappa shape index (κ3) is 5.01. The molecule has 0 aliphatic carbocycles. The molecule has 0 bridgehead atoms. The molecule has 1 aliphatic rings. The first-order valence-corrected chi connectivity index (χ1v) is 9.72. The van der Waals surface area contributed by atoms with Crippen molar-refractivity contribution < 1.29 is 9.47 Å². The Morgan fingerprint density at radius 1 is 1.36 bits per heavy atom. The summed E-state index contributed by atoms with van der Waals surface area (Å²) in [5.41, 5.74) is 2.27. The Hall–Kier alpha value is -2.61. The van der Waals surface area contributed by atoms with E-state index in [1.807, 2.05) is 17.7 Å². The number of nitrogens with zero attached hydrogens (tertiary/aromatic N) is 4. The van der Waals surface area contributed by atoms with Crippen LogP contribution in [0.1, 0.15) is 36.1 Å². The Bertz CT molecular complexity index is 817. The Morgan fingerprint density at radius 3 is 2.93 bits per heavy atom. The summed E-state index contributed by atoms with van der Waals surface area (Å²) in [5.74, 6) is 3.49. The molecule has 1 atom stereocenters. The van der Waals surface area contributed by atoms with Gasteiger partial charge in [-0.1, -0.05) is 12.1 Å². The van der Waals surface area contributed by atoms with E-state index < -0.39 is 0 Å². The standard InChI is InChI=1S/C20H30N6O2/c1-5-21-20(22-11-15-6-8-17(28-4)14(2)10-15)23-16-7-9-19-24-18(13-27-3)25-26(19)12-16/h6,8,10,16H,5,7,9,11-13H2,1-4H3,(H2,21,22,23). The number of hydrogen-bond acceptors (Lipinski definition) is 5. The molecule has 0 saturated carbocycles. The molecular formula is C20H30N6O2. The minimum atomic E-state index is 0.264. The van der Waals surface area contributed by atoms with Crippen molar-refractivity contribution in [3.8, 4) is 5.75 Å². The molecule has 3 rings (SSSR count). The van der Waals surface area contributed by atoms with Gasteiger partial charge >= 0.3 is 0 Å². The lowest BCUT2D eigenvalue weighted by Crippen LogP contribution is -2.47. The fourth-order valence-electron chi connectivity index (χ4n) is 3.39. The maximum Gasteiger partial charge on any atom is 0.191 e. The highest BCUT2D eigenvalue weighted by molar-refractivity contribution is 5.80. The zero-order valence-corrected chi connectivity index (χ0v) is 17.2. The summed E-state index contributed by atoms with van der Waals surface area (Å²) in [4.78, 5) is 9.29. The number of aryl methyl sites for hydroxylation is 2. The maximum absolute atomic E-state index is 5.33. The number of rotatable bonds is 7. The lowest BCUT2D eigenvalue weighted by Gasteiger charge is -2.25. The van der Waals surface area contributed by atoms with Gasteiger partial charge in [0, 0.05) is 26.1 Å². The predicted octanol–water partition coefficient (Wildman–Crippen LogP) is 1.81. The van der Waals surface area contributed by atoms with E-state index in [9.17, 15) is 0 Å². The van der Waals surface area contributed by atoms with Crippen molar-refractivity contribution in [1.29, 1.82) is 0 Å². The number of aromatic nitrogens is 3. The average Bonchev–Trinajstić information content (AvgIpc) is 3.08. The summed E-state index contributed by atoms with van der Waals surface area (Å²) in [7, 11) is 3.35. The van der Waals surface area contributed by atoms with Crippen LogP contribution >= 0.6 is 0 Å². The molecule has 2 N–H and O–H groups in total. The van der Waals surface area contributed by atoms with Crippen LogP contribution in [0.4, 0.5) is 0 Å². The van der Waals surface area contributed by atoms with E-state index in [2.05, 4.69) is 39.8 Å². The van der Waals surface area contributed by atoms with Gasteiger partial charge in [-0.05, 0) is 37.5 Å². The molecule has 1 aliphatic heterocycles. The quantitative estimate of drug-likeness (QED) is 0.558. The normalized spacial score (nSPS) is 16.6. The molecule has 0 radical (unpaired) electrons. The van der Waals surface area contributed by atoms with E-state index >= 15 is 0 Å². The summed E-state index contributed by atoms with van der Waals surface area (Å²) in [6.45, 7) is 6.76. The Kier molecular flexibility index (Phi) is 6.86. The van der Waals surface area contributed by atoms with Crippen LogP contribution < -0.4 is 15.4 Å². The molecule has 8 nitrogen and oxygen atoms in total. The van der Waals surface area contributed by atoms with Crippen LogP contribution in [0.15, 0.2) is 23.2 Å². The fourth-order valence-corrected chi connectivity index (χ4v) is 3.39. The molecular weight excluding hydrogens is 356 g/mol. The van der Waals surface area contributed by atoms with Crippen LogP contribution in [-0.4, -0.2) is 47.5 Å². The van der Waals surface area contributed by atoms with E-state index in [0.29, 0.717) is 13.2 Å². The number of nitrogens with one attached hydrogen (secondary N) is 2. The Balaban J connectivity index is 1.64. The fraction of sp³-hybridized carbons (Fsp3) is 0.550. The minimum absolute atomic E-state index is 0.264. The van der Waals surface area contributed by atoms with Crippen LogP contribution in [-0.2, 0) is 30.9 Å². The molecule has 2 heterocycles. The largest absolute Gasteiger partial charge is 0.496 e. The summed E-state index contributed by atoms with van der Waals surface area (Å²) < 4.78 is 12.4. The molecule has 152 valence electrons. The van der Waals surface area contributed by atoms with Crippen LogP contribution in [0.3, 0.4) is 0 Å². The smallest absolute Gasteiger partial charge is 0.191 e. The summed E-state index contributed by atoms with van der Waals surface area (Å²) in [6.07, 6.45) is 1.89. The van der Waals surface area contributed by atoms with Gasteiger partial charge in [0.1, 0.15) is 18.2 Å². The third-order valence-electron chi connectivity index (χ3n) is 4.74.